The molecule has 2 saturated heterocycles. The summed E-state index contributed by atoms with van der Waals surface area (Å²) in [5, 5.41) is 2.81. The summed E-state index contributed by atoms with van der Waals surface area (Å²) in [5.41, 5.74) is 0. The SMILES string of the molecule is O=C1NC(C2CCOCC2)CO1. The van der Waals surface area contributed by atoms with Gasteiger partial charge in [0.25, 0.3) is 0 Å². The Morgan fingerprint density at radius 3 is 2.67 bits per heavy atom. The van der Waals surface area contributed by atoms with Crippen molar-refractivity contribution in [3.05, 3.63) is 0 Å². The van der Waals surface area contributed by atoms with Crippen LogP contribution in [0.2, 0.25) is 0 Å². The maximum absolute atomic E-state index is 10.7. The zero-order chi connectivity index (χ0) is 8.39. The number of nitrogens with one attached hydrogen (secondary N) is 1. The minimum Gasteiger partial charge on any atom is -0.447 e. The van der Waals surface area contributed by atoms with Crippen molar-refractivity contribution in [2.45, 2.75) is 18.9 Å². The van der Waals surface area contributed by atoms with Gasteiger partial charge in [-0.3, -0.25) is 0 Å². The van der Waals surface area contributed by atoms with Gasteiger partial charge in [0.1, 0.15) is 6.61 Å². The van der Waals surface area contributed by atoms with Gasteiger partial charge in [-0.1, -0.05) is 0 Å². The Bertz CT molecular complexity index is 177. The van der Waals surface area contributed by atoms with Gasteiger partial charge in [0, 0.05) is 13.2 Å². The van der Waals surface area contributed by atoms with E-state index in [0.29, 0.717) is 12.5 Å². The number of ether oxygens (including phenoxy) is 2. The predicted molar refractivity (Wildman–Crippen MR) is 41.8 cm³/mol. The van der Waals surface area contributed by atoms with Crippen LogP contribution in [0.4, 0.5) is 4.79 Å². The molecule has 0 spiro atoms. The molecule has 4 nitrogen and oxygen atoms in total. The molecule has 0 aromatic heterocycles. The van der Waals surface area contributed by atoms with Crippen molar-refractivity contribution in [1.82, 2.24) is 5.32 Å². The summed E-state index contributed by atoms with van der Waals surface area (Å²) in [6, 6.07) is 0.224. The molecule has 1 amide bonds. The van der Waals surface area contributed by atoms with Gasteiger partial charge in [-0.25, -0.2) is 4.79 Å². The van der Waals surface area contributed by atoms with Gasteiger partial charge >= 0.3 is 6.09 Å². The van der Waals surface area contributed by atoms with E-state index in [9.17, 15) is 4.79 Å². The smallest absolute Gasteiger partial charge is 0.407 e. The Morgan fingerprint density at radius 2 is 2.08 bits per heavy atom. The average Bonchev–Trinajstić information content (AvgIpc) is 2.54. The quantitative estimate of drug-likeness (QED) is 0.625. The van der Waals surface area contributed by atoms with Crippen molar-refractivity contribution < 1.29 is 14.3 Å². The topological polar surface area (TPSA) is 47.6 Å². The third-order valence-corrected chi connectivity index (χ3v) is 2.53. The number of hydrogen-bond acceptors (Lipinski definition) is 3. The average molecular weight is 171 g/mol. The van der Waals surface area contributed by atoms with E-state index in [4.69, 9.17) is 9.47 Å². The van der Waals surface area contributed by atoms with E-state index in [1.165, 1.54) is 0 Å². The first-order valence-corrected chi connectivity index (χ1v) is 4.37. The zero-order valence-corrected chi connectivity index (χ0v) is 6.91. The molecule has 1 N–H and O–H groups in total. The predicted octanol–water partition coefficient (Wildman–Crippen LogP) is 0.521. The van der Waals surface area contributed by atoms with Crippen molar-refractivity contribution in [1.29, 1.82) is 0 Å². The van der Waals surface area contributed by atoms with Gasteiger partial charge in [-0.05, 0) is 18.8 Å². The normalized spacial score (nSPS) is 31.3. The summed E-state index contributed by atoms with van der Waals surface area (Å²) in [6.45, 7) is 2.16. The standard InChI is InChI=1S/C8H13NO3/c10-8-9-7(5-12-8)6-1-3-11-4-2-6/h6-7H,1-5H2,(H,9,10). The van der Waals surface area contributed by atoms with Crippen LogP contribution in [-0.2, 0) is 9.47 Å². The molecule has 0 radical (unpaired) electrons. The summed E-state index contributed by atoms with van der Waals surface area (Å²) in [4.78, 5) is 10.7. The molecule has 0 aliphatic carbocycles. The molecule has 2 aliphatic heterocycles. The second-order valence-electron chi connectivity index (χ2n) is 3.30. The Hall–Kier alpha value is -0.770. The number of hydrogen-bond donors (Lipinski definition) is 1. The fraction of sp³-hybridized carbons (Fsp3) is 0.875. The highest BCUT2D eigenvalue weighted by atomic mass is 16.6. The van der Waals surface area contributed by atoms with Crippen molar-refractivity contribution in [2.24, 2.45) is 5.92 Å². The van der Waals surface area contributed by atoms with Crippen LogP contribution in [-0.4, -0.2) is 32.0 Å². The van der Waals surface area contributed by atoms with Gasteiger partial charge < -0.3 is 14.8 Å². The number of carbonyl (C=O) groups is 1. The number of rotatable bonds is 1. The van der Waals surface area contributed by atoms with E-state index in [2.05, 4.69) is 5.32 Å². The van der Waals surface area contributed by atoms with Gasteiger partial charge in [-0.2, -0.15) is 0 Å². The van der Waals surface area contributed by atoms with Crippen LogP contribution in [0.25, 0.3) is 0 Å². The van der Waals surface area contributed by atoms with E-state index in [-0.39, 0.29) is 12.1 Å². The molecule has 2 aliphatic rings. The van der Waals surface area contributed by atoms with Crippen LogP contribution in [0.5, 0.6) is 0 Å². The molecule has 1 unspecified atom stereocenters. The minimum absolute atomic E-state index is 0.224. The fourth-order valence-corrected chi connectivity index (χ4v) is 1.77. The van der Waals surface area contributed by atoms with Crippen LogP contribution in [0.15, 0.2) is 0 Å². The van der Waals surface area contributed by atoms with Gasteiger partial charge in [-0.15, -0.1) is 0 Å². The van der Waals surface area contributed by atoms with Gasteiger partial charge in [0.15, 0.2) is 0 Å². The minimum atomic E-state index is -0.272. The molecule has 0 aromatic rings. The molecular weight excluding hydrogens is 158 g/mol. The lowest BCUT2D eigenvalue weighted by Crippen LogP contribution is -2.37. The number of amides is 1. The highest BCUT2D eigenvalue weighted by Gasteiger charge is 2.30. The summed E-state index contributed by atoms with van der Waals surface area (Å²) in [5.74, 6) is 0.546. The highest BCUT2D eigenvalue weighted by molar-refractivity contribution is 5.69. The zero-order valence-electron chi connectivity index (χ0n) is 6.91. The maximum atomic E-state index is 10.7. The van der Waals surface area contributed by atoms with Gasteiger partial charge in [0.2, 0.25) is 0 Å². The first-order chi connectivity index (χ1) is 5.86. The molecule has 2 rings (SSSR count). The molecular formula is C8H13NO3. The number of carbonyl (C=O) groups excluding carboxylic acids is 1. The second kappa shape index (κ2) is 3.31. The Labute approximate surface area is 71.2 Å². The lowest BCUT2D eigenvalue weighted by atomic mass is 9.93. The van der Waals surface area contributed by atoms with E-state index in [1.54, 1.807) is 0 Å². The van der Waals surface area contributed by atoms with Crippen LogP contribution in [0, 0.1) is 5.92 Å². The monoisotopic (exact) mass is 171 g/mol. The molecule has 1 atom stereocenters. The third kappa shape index (κ3) is 1.53. The van der Waals surface area contributed by atoms with Crippen molar-refractivity contribution in [3.8, 4) is 0 Å². The Morgan fingerprint density at radius 1 is 1.33 bits per heavy atom. The fourth-order valence-electron chi connectivity index (χ4n) is 1.77. The molecule has 12 heavy (non-hydrogen) atoms. The summed E-state index contributed by atoms with van der Waals surface area (Å²) in [6.07, 6.45) is 1.80. The van der Waals surface area contributed by atoms with Crippen molar-refractivity contribution in [3.63, 3.8) is 0 Å². The largest absolute Gasteiger partial charge is 0.447 e. The third-order valence-electron chi connectivity index (χ3n) is 2.53. The summed E-state index contributed by atoms with van der Waals surface area (Å²) >= 11 is 0. The molecule has 0 bridgehead atoms. The first-order valence-electron chi connectivity index (χ1n) is 4.37. The molecule has 2 heterocycles. The van der Waals surface area contributed by atoms with E-state index >= 15 is 0 Å². The Kier molecular flexibility index (Phi) is 2.17. The van der Waals surface area contributed by atoms with Crippen LogP contribution >= 0.6 is 0 Å². The maximum Gasteiger partial charge on any atom is 0.407 e. The van der Waals surface area contributed by atoms with Crippen LogP contribution in [0.1, 0.15) is 12.8 Å². The van der Waals surface area contributed by atoms with Crippen molar-refractivity contribution >= 4 is 6.09 Å². The van der Waals surface area contributed by atoms with Gasteiger partial charge in [0.05, 0.1) is 6.04 Å². The molecule has 68 valence electrons. The van der Waals surface area contributed by atoms with Crippen LogP contribution in [0.3, 0.4) is 0 Å². The second-order valence-corrected chi connectivity index (χ2v) is 3.30. The summed E-state index contributed by atoms with van der Waals surface area (Å²) < 4.78 is 10.1. The first kappa shape index (κ1) is 7.86. The number of cyclic esters (lactones) is 1. The lowest BCUT2D eigenvalue weighted by molar-refractivity contribution is 0.0545. The van der Waals surface area contributed by atoms with E-state index < -0.39 is 0 Å². The molecule has 0 aromatic carbocycles. The van der Waals surface area contributed by atoms with E-state index in [1.807, 2.05) is 0 Å². The molecule has 4 heteroatoms. The molecule has 0 saturated carbocycles. The number of alkyl carbamates (subject to hydrolysis) is 1. The highest BCUT2D eigenvalue weighted by Crippen LogP contribution is 2.21. The molecule has 2 fully saturated rings. The van der Waals surface area contributed by atoms with Crippen LogP contribution < -0.4 is 5.32 Å². The summed E-state index contributed by atoms with van der Waals surface area (Å²) in [7, 11) is 0. The Balaban J connectivity index is 1.86. The van der Waals surface area contributed by atoms with E-state index in [0.717, 1.165) is 26.1 Å². The van der Waals surface area contributed by atoms with Crippen molar-refractivity contribution in [2.75, 3.05) is 19.8 Å². The lowest BCUT2D eigenvalue weighted by Gasteiger charge is -2.25.